The van der Waals surface area contributed by atoms with Crippen LogP contribution in [0.1, 0.15) is 54.9 Å². The van der Waals surface area contributed by atoms with E-state index in [4.69, 9.17) is 5.10 Å². The largest absolute Gasteiger partial charge is 0.330 e. The Bertz CT molecular complexity index is 1110. The van der Waals surface area contributed by atoms with Gasteiger partial charge in [0, 0.05) is 23.6 Å². The molecule has 6 nitrogen and oxygen atoms in total. The Morgan fingerprint density at radius 3 is 2.28 bits per heavy atom. The van der Waals surface area contributed by atoms with Crippen LogP contribution in [0.5, 0.6) is 0 Å². The van der Waals surface area contributed by atoms with Gasteiger partial charge in [0.25, 0.3) is 5.91 Å². The molecule has 32 heavy (non-hydrogen) atoms. The van der Waals surface area contributed by atoms with Gasteiger partial charge in [0.2, 0.25) is 5.91 Å². The van der Waals surface area contributed by atoms with Gasteiger partial charge in [0.1, 0.15) is 12.4 Å². The molecule has 3 aromatic rings. The first-order valence-electron chi connectivity index (χ1n) is 10.9. The van der Waals surface area contributed by atoms with Crippen LogP contribution in [0.4, 0.5) is 5.82 Å². The molecule has 0 unspecified atom stereocenters. The second-order valence-electron chi connectivity index (χ2n) is 9.15. The molecule has 1 aromatic heterocycles. The van der Waals surface area contributed by atoms with Crippen molar-refractivity contribution in [3.05, 3.63) is 77.0 Å². The van der Waals surface area contributed by atoms with Crippen molar-refractivity contribution < 1.29 is 9.59 Å². The number of hydrogen-bond donors (Lipinski definition) is 1. The molecule has 0 atom stereocenters. The average molecular weight is 433 g/mol. The van der Waals surface area contributed by atoms with Gasteiger partial charge in [-0.2, -0.15) is 5.10 Å². The van der Waals surface area contributed by atoms with E-state index in [0.29, 0.717) is 17.9 Å². The van der Waals surface area contributed by atoms with E-state index in [1.807, 2.05) is 63.2 Å². The summed E-state index contributed by atoms with van der Waals surface area (Å²) in [5.74, 6) is 0.163. The third-order valence-corrected chi connectivity index (χ3v) is 5.29. The fraction of sp³-hybridized carbons (Fsp3) is 0.346. The van der Waals surface area contributed by atoms with E-state index in [9.17, 15) is 9.59 Å². The van der Waals surface area contributed by atoms with E-state index >= 15 is 0 Å². The first-order valence-corrected chi connectivity index (χ1v) is 10.9. The molecule has 0 fully saturated rings. The van der Waals surface area contributed by atoms with Crippen LogP contribution in [0.25, 0.3) is 5.69 Å². The highest BCUT2D eigenvalue weighted by atomic mass is 16.2. The number of benzene rings is 2. The van der Waals surface area contributed by atoms with Gasteiger partial charge >= 0.3 is 0 Å². The van der Waals surface area contributed by atoms with Crippen LogP contribution >= 0.6 is 0 Å². The van der Waals surface area contributed by atoms with Gasteiger partial charge in [-0.25, -0.2) is 4.68 Å². The van der Waals surface area contributed by atoms with Crippen LogP contribution < -0.4 is 5.32 Å². The maximum absolute atomic E-state index is 12.9. The SMILES string of the molecule is CCN(CC(=O)Nc1cc(C(C)(C)C)nn1-c1cccc(C)c1)C(=O)c1ccc(C)cc1. The lowest BCUT2D eigenvalue weighted by atomic mass is 9.92. The maximum Gasteiger partial charge on any atom is 0.254 e. The number of hydrogen-bond acceptors (Lipinski definition) is 3. The van der Waals surface area contributed by atoms with Crippen molar-refractivity contribution >= 4 is 17.6 Å². The molecule has 0 aliphatic carbocycles. The van der Waals surface area contributed by atoms with Crippen molar-refractivity contribution in [3.63, 3.8) is 0 Å². The first-order chi connectivity index (χ1) is 15.1. The quantitative estimate of drug-likeness (QED) is 0.603. The molecule has 2 amide bonds. The molecule has 2 aromatic carbocycles. The van der Waals surface area contributed by atoms with Crippen molar-refractivity contribution in [1.29, 1.82) is 0 Å². The van der Waals surface area contributed by atoms with Crippen molar-refractivity contribution in [2.24, 2.45) is 0 Å². The number of rotatable bonds is 6. The van der Waals surface area contributed by atoms with Gasteiger partial charge in [-0.3, -0.25) is 9.59 Å². The summed E-state index contributed by atoms with van der Waals surface area (Å²) in [6.07, 6.45) is 0. The molecule has 0 spiro atoms. The highest BCUT2D eigenvalue weighted by molar-refractivity contribution is 5.99. The Morgan fingerprint density at radius 2 is 1.69 bits per heavy atom. The Kier molecular flexibility index (Phi) is 6.82. The summed E-state index contributed by atoms with van der Waals surface area (Å²) in [6.45, 7) is 12.5. The first kappa shape index (κ1) is 23.3. The second kappa shape index (κ2) is 9.39. The standard InChI is InChI=1S/C26H32N4O2/c1-7-29(25(32)20-13-11-18(2)12-14-20)17-24(31)27-23-16-22(26(4,5)6)28-30(23)21-10-8-9-19(3)15-21/h8-16H,7,17H2,1-6H3,(H,27,31). The lowest BCUT2D eigenvalue weighted by molar-refractivity contribution is -0.116. The van der Waals surface area contributed by atoms with Gasteiger partial charge < -0.3 is 10.2 Å². The summed E-state index contributed by atoms with van der Waals surface area (Å²) >= 11 is 0. The third-order valence-electron chi connectivity index (χ3n) is 5.29. The highest BCUT2D eigenvalue weighted by Crippen LogP contribution is 2.26. The zero-order valence-corrected chi connectivity index (χ0v) is 19.8. The topological polar surface area (TPSA) is 67.2 Å². The highest BCUT2D eigenvalue weighted by Gasteiger charge is 2.23. The van der Waals surface area contributed by atoms with Crippen LogP contribution in [-0.4, -0.2) is 39.6 Å². The fourth-order valence-corrected chi connectivity index (χ4v) is 3.35. The molecule has 0 aliphatic rings. The van der Waals surface area contributed by atoms with Gasteiger partial charge in [-0.15, -0.1) is 0 Å². The third kappa shape index (κ3) is 5.44. The summed E-state index contributed by atoms with van der Waals surface area (Å²) in [7, 11) is 0. The number of anilines is 1. The minimum absolute atomic E-state index is 0.0347. The molecular formula is C26H32N4O2. The summed E-state index contributed by atoms with van der Waals surface area (Å²) in [4.78, 5) is 27.3. The zero-order chi connectivity index (χ0) is 23.5. The number of nitrogens with zero attached hydrogens (tertiary/aromatic N) is 3. The summed E-state index contributed by atoms with van der Waals surface area (Å²) in [5.41, 5.74) is 4.34. The lowest BCUT2D eigenvalue weighted by Crippen LogP contribution is -2.38. The van der Waals surface area contributed by atoms with E-state index in [-0.39, 0.29) is 23.8 Å². The predicted molar refractivity (Wildman–Crippen MR) is 128 cm³/mol. The van der Waals surface area contributed by atoms with Crippen LogP contribution in [0.2, 0.25) is 0 Å². The zero-order valence-electron chi connectivity index (χ0n) is 19.8. The molecule has 1 N–H and O–H groups in total. The number of carbonyl (C=O) groups excluding carboxylic acids is 2. The second-order valence-corrected chi connectivity index (χ2v) is 9.15. The smallest absolute Gasteiger partial charge is 0.254 e. The minimum atomic E-state index is -0.262. The molecule has 3 rings (SSSR count). The molecule has 0 radical (unpaired) electrons. The van der Waals surface area contributed by atoms with Crippen LogP contribution in [0.3, 0.4) is 0 Å². The Hall–Kier alpha value is -3.41. The number of carbonyl (C=O) groups is 2. The number of amides is 2. The van der Waals surface area contributed by atoms with Crippen molar-refractivity contribution in [1.82, 2.24) is 14.7 Å². The van der Waals surface area contributed by atoms with E-state index in [1.54, 1.807) is 16.8 Å². The van der Waals surface area contributed by atoms with Crippen LogP contribution in [-0.2, 0) is 10.2 Å². The van der Waals surface area contributed by atoms with Gasteiger partial charge in [-0.1, -0.05) is 50.6 Å². The van der Waals surface area contributed by atoms with Crippen molar-refractivity contribution in [2.75, 3.05) is 18.4 Å². The van der Waals surface area contributed by atoms with Gasteiger partial charge in [0.05, 0.1) is 11.4 Å². The molecule has 168 valence electrons. The average Bonchev–Trinajstić information content (AvgIpc) is 3.16. The fourth-order valence-electron chi connectivity index (χ4n) is 3.35. The summed E-state index contributed by atoms with van der Waals surface area (Å²) < 4.78 is 1.75. The van der Waals surface area contributed by atoms with Crippen LogP contribution in [0, 0.1) is 13.8 Å². The lowest BCUT2D eigenvalue weighted by Gasteiger charge is -2.20. The number of likely N-dealkylation sites (N-methyl/N-ethyl adjacent to an activating group) is 1. The van der Waals surface area contributed by atoms with E-state index in [1.165, 1.54) is 4.90 Å². The van der Waals surface area contributed by atoms with Crippen molar-refractivity contribution in [2.45, 2.75) is 47.0 Å². The molecule has 0 saturated carbocycles. The Morgan fingerprint density at radius 1 is 1.00 bits per heavy atom. The summed E-state index contributed by atoms with van der Waals surface area (Å²) in [6, 6.07) is 17.2. The number of nitrogens with one attached hydrogen (secondary N) is 1. The number of aryl methyl sites for hydroxylation is 2. The Balaban J connectivity index is 1.83. The molecule has 0 aliphatic heterocycles. The Labute approximate surface area is 190 Å². The minimum Gasteiger partial charge on any atom is -0.330 e. The molecular weight excluding hydrogens is 400 g/mol. The number of aromatic nitrogens is 2. The predicted octanol–water partition coefficient (Wildman–Crippen LogP) is 4.89. The van der Waals surface area contributed by atoms with Crippen LogP contribution in [0.15, 0.2) is 54.6 Å². The molecule has 0 saturated heterocycles. The maximum atomic E-state index is 12.9. The van der Waals surface area contributed by atoms with Crippen molar-refractivity contribution in [3.8, 4) is 5.69 Å². The molecule has 0 bridgehead atoms. The summed E-state index contributed by atoms with van der Waals surface area (Å²) in [5, 5.41) is 7.73. The van der Waals surface area contributed by atoms with Gasteiger partial charge in [-0.05, 0) is 50.6 Å². The van der Waals surface area contributed by atoms with E-state index < -0.39 is 0 Å². The van der Waals surface area contributed by atoms with E-state index in [2.05, 4.69) is 26.1 Å². The molecule has 6 heteroatoms. The van der Waals surface area contributed by atoms with E-state index in [0.717, 1.165) is 22.5 Å². The normalized spacial score (nSPS) is 11.3. The van der Waals surface area contributed by atoms with Gasteiger partial charge in [0.15, 0.2) is 0 Å². The molecule has 1 heterocycles. The monoisotopic (exact) mass is 432 g/mol.